The second kappa shape index (κ2) is 6.50. The van der Waals surface area contributed by atoms with E-state index in [0.717, 1.165) is 34.9 Å². The van der Waals surface area contributed by atoms with Gasteiger partial charge in [-0.05, 0) is 42.2 Å². The number of H-pyrrole nitrogens is 1. The van der Waals surface area contributed by atoms with Gasteiger partial charge in [-0.3, -0.25) is 20.4 Å². The lowest BCUT2D eigenvalue weighted by Crippen LogP contribution is -2.47. The molecule has 1 aliphatic rings. The second-order valence-electron chi connectivity index (χ2n) is 6.63. The molecule has 3 N–H and O–H groups in total. The van der Waals surface area contributed by atoms with E-state index in [-0.39, 0.29) is 18.2 Å². The first-order chi connectivity index (χ1) is 12.6. The number of nitrogens with one attached hydrogen (secondary N) is 3. The van der Waals surface area contributed by atoms with Crippen LogP contribution in [0, 0.1) is 0 Å². The highest BCUT2D eigenvalue weighted by Crippen LogP contribution is 2.48. The fraction of sp³-hybridized carbons (Fsp3) is 0.200. The summed E-state index contributed by atoms with van der Waals surface area (Å²) in [5.74, 6) is -0.442. The van der Waals surface area contributed by atoms with Crippen molar-refractivity contribution >= 4 is 34.3 Å². The second-order valence-corrected chi connectivity index (χ2v) is 7.06. The molecule has 0 radical (unpaired) electrons. The normalized spacial score (nSPS) is 14.8. The van der Waals surface area contributed by atoms with Gasteiger partial charge in [0, 0.05) is 22.1 Å². The Morgan fingerprint density at radius 3 is 2.50 bits per heavy atom. The lowest BCUT2D eigenvalue weighted by atomic mass is 9.95. The number of rotatable bonds is 4. The van der Waals surface area contributed by atoms with Gasteiger partial charge in [0.15, 0.2) is 0 Å². The molecule has 5 nitrogen and oxygen atoms in total. The Morgan fingerprint density at radius 2 is 1.77 bits per heavy atom. The summed E-state index contributed by atoms with van der Waals surface area (Å²) in [6, 6.07) is 15.1. The molecule has 26 heavy (non-hydrogen) atoms. The van der Waals surface area contributed by atoms with Crippen LogP contribution in [0.25, 0.3) is 10.9 Å². The van der Waals surface area contributed by atoms with Gasteiger partial charge in [-0.15, -0.1) is 0 Å². The highest BCUT2D eigenvalue weighted by Gasteiger charge is 2.51. The third-order valence-electron chi connectivity index (χ3n) is 4.92. The van der Waals surface area contributed by atoms with Crippen LogP contribution >= 0.6 is 11.6 Å². The maximum Gasteiger partial charge on any atom is 0.249 e. The highest BCUT2D eigenvalue weighted by atomic mass is 35.5. The third-order valence-corrected chi connectivity index (χ3v) is 5.17. The minimum Gasteiger partial charge on any atom is -0.361 e. The number of halogens is 1. The van der Waals surface area contributed by atoms with Crippen molar-refractivity contribution in [3.05, 3.63) is 70.9 Å². The van der Waals surface area contributed by atoms with Gasteiger partial charge in [0.1, 0.15) is 0 Å². The monoisotopic (exact) mass is 367 g/mol. The van der Waals surface area contributed by atoms with E-state index in [1.54, 1.807) is 12.1 Å². The molecule has 0 spiro atoms. The molecule has 0 saturated heterocycles. The Hall–Kier alpha value is -2.79. The summed E-state index contributed by atoms with van der Waals surface area (Å²) in [6.45, 7) is 0. The van der Waals surface area contributed by atoms with Gasteiger partial charge in [0.25, 0.3) is 0 Å². The number of hydrazine groups is 1. The van der Waals surface area contributed by atoms with Gasteiger partial charge < -0.3 is 4.98 Å². The number of aromatic nitrogens is 1. The summed E-state index contributed by atoms with van der Waals surface area (Å²) < 4.78 is 0. The maximum atomic E-state index is 12.6. The van der Waals surface area contributed by atoms with Crippen LogP contribution < -0.4 is 10.9 Å². The fourth-order valence-corrected chi connectivity index (χ4v) is 3.41. The number of carbonyl (C=O) groups excluding carboxylic acids is 2. The first-order valence-corrected chi connectivity index (χ1v) is 8.87. The standard InChI is InChI=1S/C20H18ClN3O2/c21-15-7-5-14(6-8-15)20(9-10-20)19(26)24-23-18(25)11-13-12-22-17-4-2-1-3-16(13)17/h1-8,12,22H,9-11H2,(H,23,25)(H,24,26). The van der Waals surface area contributed by atoms with Gasteiger partial charge in [0.05, 0.1) is 11.8 Å². The zero-order valence-corrected chi connectivity index (χ0v) is 14.8. The lowest BCUT2D eigenvalue weighted by Gasteiger charge is -2.16. The largest absolute Gasteiger partial charge is 0.361 e. The van der Waals surface area contributed by atoms with Gasteiger partial charge in [-0.2, -0.15) is 0 Å². The molecule has 1 saturated carbocycles. The molecular weight excluding hydrogens is 350 g/mol. The number of aromatic amines is 1. The molecule has 0 bridgehead atoms. The van der Waals surface area contributed by atoms with Gasteiger partial charge in [0.2, 0.25) is 11.8 Å². The van der Waals surface area contributed by atoms with E-state index in [9.17, 15) is 9.59 Å². The molecule has 1 aliphatic carbocycles. The molecule has 2 amide bonds. The summed E-state index contributed by atoms with van der Waals surface area (Å²) in [5.41, 5.74) is 7.36. The average Bonchev–Trinajstić information content (AvgIpc) is 3.37. The topological polar surface area (TPSA) is 74.0 Å². The van der Waals surface area contributed by atoms with Crippen molar-refractivity contribution in [1.29, 1.82) is 0 Å². The molecule has 6 heteroatoms. The molecule has 0 aliphatic heterocycles. The molecule has 132 valence electrons. The maximum absolute atomic E-state index is 12.6. The smallest absolute Gasteiger partial charge is 0.249 e. The van der Waals surface area contributed by atoms with Crippen LogP contribution in [-0.2, 0) is 21.4 Å². The summed E-state index contributed by atoms with van der Waals surface area (Å²) in [4.78, 5) is 27.9. The van der Waals surface area contributed by atoms with Crippen molar-refractivity contribution in [1.82, 2.24) is 15.8 Å². The number of hydrogen-bond donors (Lipinski definition) is 3. The van der Waals surface area contributed by atoms with E-state index in [2.05, 4.69) is 15.8 Å². The van der Waals surface area contributed by atoms with Gasteiger partial charge in [-0.1, -0.05) is 41.9 Å². The highest BCUT2D eigenvalue weighted by molar-refractivity contribution is 6.30. The van der Waals surface area contributed by atoms with Crippen molar-refractivity contribution in [3.8, 4) is 0 Å². The van der Waals surface area contributed by atoms with E-state index in [4.69, 9.17) is 11.6 Å². The molecule has 0 atom stereocenters. The first kappa shape index (κ1) is 16.7. The van der Waals surface area contributed by atoms with Crippen molar-refractivity contribution in [2.24, 2.45) is 0 Å². The quantitative estimate of drug-likeness (QED) is 0.619. The van der Waals surface area contributed by atoms with Crippen molar-refractivity contribution in [3.63, 3.8) is 0 Å². The summed E-state index contributed by atoms with van der Waals surface area (Å²) >= 11 is 5.91. The average molecular weight is 368 g/mol. The molecular formula is C20H18ClN3O2. The SMILES string of the molecule is O=C(Cc1c[nH]c2ccccc12)NNC(=O)C1(c2ccc(Cl)cc2)CC1. The van der Waals surface area contributed by atoms with Crippen LogP contribution in [0.2, 0.25) is 5.02 Å². The number of carbonyl (C=O) groups is 2. The number of benzene rings is 2. The Morgan fingerprint density at radius 1 is 1.04 bits per heavy atom. The zero-order chi connectivity index (χ0) is 18.1. The molecule has 3 aromatic rings. The summed E-state index contributed by atoms with van der Waals surface area (Å²) in [6.07, 6.45) is 3.54. The van der Waals surface area contributed by atoms with E-state index < -0.39 is 5.41 Å². The Balaban J connectivity index is 1.38. The van der Waals surface area contributed by atoms with E-state index in [0.29, 0.717) is 5.02 Å². The lowest BCUT2D eigenvalue weighted by molar-refractivity contribution is -0.130. The molecule has 1 aromatic heterocycles. The van der Waals surface area contributed by atoms with Crippen molar-refractivity contribution in [2.45, 2.75) is 24.7 Å². The van der Waals surface area contributed by atoms with Crippen LogP contribution in [0.15, 0.2) is 54.7 Å². The zero-order valence-electron chi connectivity index (χ0n) is 14.0. The summed E-state index contributed by atoms with van der Waals surface area (Å²) in [7, 11) is 0. The minimum atomic E-state index is -0.557. The predicted molar refractivity (Wildman–Crippen MR) is 101 cm³/mol. The fourth-order valence-electron chi connectivity index (χ4n) is 3.28. The molecule has 4 rings (SSSR count). The van der Waals surface area contributed by atoms with Crippen LogP contribution in [0.1, 0.15) is 24.0 Å². The molecule has 0 unspecified atom stereocenters. The Labute approximate surface area is 155 Å². The van der Waals surface area contributed by atoms with E-state index in [1.807, 2.05) is 42.6 Å². The summed E-state index contributed by atoms with van der Waals surface area (Å²) in [5, 5.41) is 1.64. The van der Waals surface area contributed by atoms with Crippen LogP contribution in [0.4, 0.5) is 0 Å². The van der Waals surface area contributed by atoms with Gasteiger partial charge >= 0.3 is 0 Å². The Bertz CT molecular complexity index is 974. The first-order valence-electron chi connectivity index (χ1n) is 8.49. The molecule has 1 heterocycles. The third kappa shape index (κ3) is 3.06. The van der Waals surface area contributed by atoms with Crippen LogP contribution in [-0.4, -0.2) is 16.8 Å². The van der Waals surface area contributed by atoms with Gasteiger partial charge in [-0.25, -0.2) is 0 Å². The molecule has 1 fully saturated rings. The number of hydrogen-bond acceptors (Lipinski definition) is 2. The van der Waals surface area contributed by atoms with Crippen LogP contribution in [0.5, 0.6) is 0 Å². The van der Waals surface area contributed by atoms with Crippen LogP contribution in [0.3, 0.4) is 0 Å². The molecule has 2 aromatic carbocycles. The van der Waals surface area contributed by atoms with Crippen molar-refractivity contribution in [2.75, 3.05) is 0 Å². The van der Waals surface area contributed by atoms with Crippen molar-refractivity contribution < 1.29 is 9.59 Å². The number of amides is 2. The predicted octanol–water partition coefficient (Wildman–Crippen LogP) is 3.24. The number of para-hydroxylation sites is 1. The van der Waals surface area contributed by atoms with E-state index in [1.165, 1.54) is 0 Å². The number of fused-ring (bicyclic) bond motifs is 1. The van der Waals surface area contributed by atoms with E-state index >= 15 is 0 Å². The minimum absolute atomic E-state index is 0.188. The Kier molecular flexibility index (Phi) is 4.17.